The number of furan rings is 1. The van der Waals surface area contributed by atoms with Crippen LogP contribution >= 0.6 is 11.3 Å². The summed E-state index contributed by atoms with van der Waals surface area (Å²) in [4.78, 5) is 41.5. The SMILES string of the molecule is O=C(COc1ccccc1)NCC(=O)Nn1cnc2scc(-c3ccco3)c2c1=O. The highest BCUT2D eigenvalue weighted by molar-refractivity contribution is 7.17. The van der Waals surface area contributed by atoms with Crippen LogP contribution in [0.2, 0.25) is 0 Å². The fourth-order valence-corrected chi connectivity index (χ4v) is 3.58. The van der Waals surface area contributed by atoms with Crippen molar-refractivity contribution in [3.63, 3.8) is 0 Å². The molecule has 10 heteroatoms. The molecular weight excluding hydrogens is 408 g/mol. The Morgan fingerprint density at radius 3 is 2.73 bits per heavy atom. The maximum atomic E-state index is 12.8. The molecular formula is C20H16N4O5S. The summed E-state index contributed by atoms with van der Waals surface area (Å²) in [5, 5.41) is 4.55. The third-order valence-corrected chi connectivity index (χ3v) is 4.97. The Bertz CT molecular complexity index is 1230. The van der Waals surface area contributed by atoms with Gasteiger partial charge in [0.2, 0.25) is 0 Å². The van der Waals surface area contributed by atoms with E-state index in [-0.39, 0.29) is 13.2 Å². The van der Waals surface area contributed by atoms with Crippen molar-refractivity contribution >= 4 is 33.4 Å². The number of carbonyl (C=O) groups excluding carboxylic acids is 2. The van der Waals surface area contributed by atoms with E-state index in [2.05, 4.69) is 15.7 Å². The van der Waals surface area contributed by atoms with Crippen molar-refractivity contribution in [1.29, 1.82) is 0 Å². The van der Waals surface area contributed by atoms with E-state index in [1.807, 2.05) is 6.07 Å². The Morgan fingerprint density at radius 1 is 1.13 bits per heavy atom. The van der Waals surface area contributed by atoms with Gasteiger partial charge < -0.3 is 14.5 Å². The minimum Gasteiger partial charge on any atom is -0.484 e. The lowest BCUT2D eigenvalue weighted by atomic mass is 10.2. The zero-order valence-electron chi connectivity index (χ0n) is 15.5. The normalized spacial score (nSPS) is 10.7. The monoisotopic (exact) mass is 424 g/mol. The Labute approximate surface area is 173 Å². The lowest BCUT2D eigenvalue weighted by Crippen LogP contribution is -2.41. The number of hydrogen-bond donors (Lipinski definition) is 2. The van der Waals surface area contributed by atoms with Crippen LogP contribution in [0.1, 0.15) is 0 Å². The molecule has 0 aliphatic rings. The van der Waals surface area contributed by atoms with Gasteiger partial charge in [-0.3, -0.25) is 19.8 Å². The molecule has 0 saturated heterocycles. The van der Waals surface area contributed by atoms with E-state index in [4.69, 9.17) is 9.15 Å². The average molecular weight is 424 g/mol. The molecule has 2 N–H and O–H groups in total. The minimum atomic E-state index is -0.582. The third-order valence-electron chi connectivity index (χ3n) is 4.09. The van der Waals surface area contributed by atoms with Gasteiger partial charge in [-0.1, -0.05) is 18.2 Å². The molecule has 0 aliphatic heterocycles. The van der Waals surface area contributed by atoms with Gasteiger partial charge in [0.15, 0.2) is 6.61 Å². The van der Waals surface area contributed by atoms with Crippen molar-refractivity contribution < 1.29 is 18.7 Å². The van der Waals surface area contributed by atoms with Crippen LogP contribution in [0, 0.1) is 0 Å². The molecule has 1 aromatic carbocycles. The van der Waals surface area contributed by atoms with Crippen molar-refractivity contribution in [2.24, 2.45) is 0 Å². The number of nitrogens with one attached hydrogen (secondary N) is 2. The molecule has 0 unspecified atom stereocenters. The van der Waals surface area contributed by atoms with Gasteiger partial charge in [0.05, 0.1) is 18.2 Å². The summed E-state index contributed by atoms with van der Waals surface area (Å²) in [6.45, 7) is -0.553. The molecule has 30 heavy (non-hydrogen) atoms. The molecule has 9 nitrogen and oxygen atoms in total. The molecule has 4 aromatic rings. The molecule has 3 heterocycles. The molecule has 2 amide bonds. The first kappa shape index (κ1) is 19.4. The first-order valence-electron chi connectivity index (χ1n) is 8.89. The summed E-state index contributed by atoms with van der Waals surface area (Å²) >= 11 is 1.30. The molecule has 0 saturated carbocycles. The molecule has 3 aromatic heterocycles. The number of hydrogen-bond acceptors (Lipinski definition) is 7. The van der Waals surface area contributed by atoms with Gasteiger partial charge in [0.1, 0.15) is 22.7 Å². The summed E-state index contributed by atoms with van der Waals surface area (Å²) in [6.07, 6.45) is 2.74. The van der Waals surface area contributed by atoms with E-state index in [1.165, 1.54) is 23.9 Å². The number of benzene rings is 1. The van der Waals surface area contributed by atoms with Crippen LogP contribution in [0.25, 0.3) is 21.5 Å². The fraction of sp³-hybridized carbons (Fsp3) is 0.100. The van der Waals surface area contributed by atoms with Crippen molar-refractivity contribution in [3.05, 3.63) is 70.8 Å². The van der Waals surface area contributed by atoms with Crippen molar-refractivity contribution in [1.82, 2.24) is 15.0 Å². The predicted octanol–water partition coefficient (Wildman–Crippen LogP) is 1.98. The Hall–Kier alpha value is -3.92. The second kappa shape index (κ2) is 8.62. The van der Waals surface area contributed by atoms with Crippen LogP contribution in [0.4, 0.5) is 0 Å². The Balaban J connectivity index is 1.38. The summed E-state index contributed by atoms with van der Waals surface area (Å²) in [7, 11) is 0. The third kappa shape index (κ3) is 4.23. The van der Waals surface area contributed by atoms with E-state index in [0.717, 1.165) is 4.68 Å². The smallest absolute Gasteiger partial charge is 0.281 e. The summed E-state index contributed by atoms with van der Waals surface area (Å²) in [5.74, 6) is 0.0371. The first-order valence-corrected chi connectivity index (χ1v) is 9.77. The van der Waals surface area contributed by atoms with Gasteiger partial charge in [-0.2, -0.15) is 0 Å². The summed E-state index contributed by atoms with van der Waals surface area (Å²) in [5.41, 5.74) is 2.57. The molecule has 0 fully saturated rings. The molecule has 152 valence electrons. The van der Waals surface area contributed by atoms with Gasteiger partial charge in [0.25, 0.3) is 17.4 Å². The fourth-order valence-electron chi connectivity index (χ4n) is 2.69. The summed E-state index contributed by atoms with van der Waals surface area (Å²) in [6, 6.07) is 12.3. The maximum absolute atomic E-state index is 12.8. The van der Waals surface area contributed by atoms with Gasteiger partial charge >= 0.3 is 0 Å². The van der Waals surface area contributed by atoms with Crippen LogP contribution in [-0.2, 0) is 9.59 Å². The lowest BCUT2D eigenvalue weighted by molar-refractivity contribution is -0.125. The van der Waals surface area contributed by atoms with Crippen molar-refractivity contribution in [2.75, 3.05) is 18.6 Å². The number of ether oxygens (including phenoxy) is 1. The summed E-state index contributed by atoms with van der Waals surface area (Å²) < 4.78 is 11.7. The van der Waals surface area contributed by atoms with Gasteiger partial charge in [-0.05, 0) is 24.3 Å². The lowest BCUT2D eigenvalue weighted by Gasteiger charge is -2.09. The van der Waals surface area contributed by atoms with Crippen LogP contribution in [-0.4, -0.2) is 34.6 Å². The van der Waals surface area contributed by atoms with E-state index >= 15 is 0 Å². The number of thiophene rings is 1. The number of nitrogens with zero attached hydrogens (tertiary/aromatic N) is 2. The first-order chi connectivity index (χ1) is 14.6. The van der Waals surface area contributed by atoms with Crippen LogP contribution in [0.15, 0.2) is 69.6 Å². The standard InChI is InChI=1S/C20H16N4O5S/c25-16(9-21-17(26)10-29-13-5-2-1-3-6-13)23-24-12-22-19-18(20(24)27)14(11-30-19)15-7-4-8-28-15/h1-8,11-12H,9-10H2,(H,21,26)(H,23,25). The second-order valence-corrected chi connectivity index (χ2v) is 7.00. The van der Waals surface area contributed by atoms with E-state index in [1.54, 1.807) is 41.8 Å². The highest BCUT2D eigenvalue weighted by atomic mass is 32.1. The van der Waals surface area contributed by atoms with Crippen LogP contribution in [0.3, 0.4) is 0 Å². The number of fused-ring (bicyclic) bond motifs is 1. The number of aromatic nitrogens is 2. The quantitative estimate of drug-likeness (QED) is 0.469. The number of carbonyl (C=O) groups is 2. The largest absolute Gasteiger partial charge is 0.484 e. The molecule has 0 atom stereocenters. The number of amides is 2. The Morgan fingerprint density at radius 2 is 1.97 bits per heavy atom. The predicted molar refractivity (Wildman–Crippen MR) is 111 cm³/mol. The van der Waals surface area contributed by atoms with Crippen LogP contribution < -0.4 is 21.0 Å². The zero-order chi connectivity index (χ0) is 20.9. The van der Waals surface area contributed by atoms with Gasteiger partial charge in [-0.15, -0.1) is 11.3 Å². The molecule has 0 radical (unpaired) electrons. The van der Waals surface area contributed by atoms with Crippen molar-refractivity contribution in [2.45, 2.75) is 0 Å². The molecule has 0 bridgehead atoms. The van der Waals surface area contributed by atoms with Crippen molar-refractivity contribution in [3.8, 4) is 17.1 Å². The van der Waals surface area contributed by atoms with E-state index < -0.39 is 17.4 Å². The Kier molecular flexibility index (Phi) is 5.57. The minimum absolute atomic E-state index is 0.230. The van der Waals surface area contributed by atoms with Gasteiger partial charge in [0, 0.05) is 10.9 Å². The molecule has 0 spiro atoms. The highest BCUT2D eigenvalue weighted by Gasteiger charge is 2.16. The zero-order valence-corrected chi connectivity index (χ0v) is 16.3. The average Bonchev–Trinajstić information content (AvgIpc) is 3.43. The maximum Gasteiger partial charge on any atom is 0.281 e. The molecule has 0 aliphatic carbocycles. The number of para-hydroxylation sites is 1. The highest BCUT2D eigenvalue weighted by Crippen LogP contribution is 2.30. The molecule has 4 rings (SSSR count). The van der Waals surface area contributed by atoms with E-state index in [0.29, 0.717) is 27.3 Å². The number of rotatable bonds is 7. The van der Waals surface area contributed by atoms with Crippen LogP contribution in [0.5, 0.6) is 5.75 Å². The second-order valence-electron chi connectivity index (χ2n) is 6.14. The van der Waals surface area contributed by atoms with Gasteiger partial charge in [-0.25, -0.2) is 9.66 Å². The topological polar surface area (TPSA) is 115 Å². The van der Waals surface area contributed by atoms with E-state index in [9.17, 15) is 14.4 Å².